The molecule has 0 spiro atoms. The molecular weight excluding hydrogens is 179 g/mol. The molecule has 0 aliphatic heterocycles. The number of hydrogen-bond donors (Lipinski definition) is 1. The predicted molar refractivity (Wildman–Crippen MR) is 46.8 cm³/mol. The third kappa shape index (κ3) is 2.47. The van der Waals surface area contributed by atoms with Crippen LogP contribution in [0.2, 0.25) is 5.02 Å². The van der Waals surface area contributed by atoms with E-state index in [1.807, 2.05) is 0 Å². The van der Waals surface area contributed by atoms with E-state index in [9.17, 15) is 4.39 Å². The predicted octanol–water partition coefficient (Wildman–Crippen LogP) is 2.40. The molecular formula is C9H10ClFO. The average molecular weight is 189 g/mol. The van der Waals surface area contributed by atoms with Crippen LogP contribution in [-0.2, 0) is 6.42 Å². The molecule has 1 rings (SSSR count). The maximum atomic E-state index is 12.6. The summed E-state index contributed by atoms with van der Waals surface area (Å²) in [5.41, 5.74) is 0.844. The summed E-state index contributed by atoms with van der Waals surface area (Å²) in [5.74, 6) is -0.425. The Balaban J connectivity index is 2.82. The van der Waals surface area contributed by atoms with Gasteiger partial charge in [-0.25, -0.2) is 4.39 Å². The third-order valence-electron chi connectivity index (χ3n) is 1.52. The van der Waals surface area contributed by atoms with E-state index in [1.165, 1.54) is 12.1 Å². The summed E-state index contributed by atoms with van der Waals surface area (Å²) in [7, 11) is 0. The maximum absolute atomic E-state index is 12.6. The second kappa shape index (κ2) is 3.87. The van der Waals surface area contributed by atoms with Gasteiger partial charge >= 0.3 is 0 Å². The Morgan fingerprint density at radius 2 is 2.25 bits per heavy atom. The van der Waals surface area contributed by atoms with Crippen molar-refractivity contribution in [2.45, 2.75) is 19.4 Å². The Labute approximate surface area is 75.8 Å². The molecule has 3 heteroatoms. The van der Waals surface area contributed by atoms with Crippen molar-refractivity contribution >= 4 is 11.6 Å². The Morgan fingerprint density at radius 3 is 2.75 bits per heavy atom. The molecule has 0 heterocycles. The molecule has 0 bridgehead atoms. The summed E-state index contributed by atoms with van der Waals surface area (Å²) in [6.07, 6.45) is 0.0755. The van der Waals surface area contributed by atoms with Crippen LogP contribution in [-0.4, -0.2) is 11.2 Å². The summed E-state index contributed by atoms with van der Waals surface area (Å²) >= 11 is 5.54. The first-order valence-corrected chi connectivity index (χ1v) is 4.09. The molecule has 0 aliphatic carbocycles. The van der Waals surface area contributed by atoms with Crippen LogP contribution >= 0.6 is 11.6 Å². The van der Waals surface area contributed by atoms with E-state index in [-0.39, 0.29) is 5.02 Å². The van der Waals surface area contributed by atoms with Gasteiger partial charge in [-0.3, -0.25) is 0 Å². The van der Waals surface area contributed by atoms with Gasteiger partial charge in [0.05, 0.1) is 11.1 Å². The zero-order valence-electron chi connectivity index (χ0n) is 6.72. The Morgan fingerprint density at radius 1 is 1.58 bits per heavy atom. The lowest BCUT2D eigenvalue weighted by Crippen LogP contribution is -2.03. The molecule has 0 saturated carbocycles. The largest absolute Gasteiger partial charge is 0.393 e. The van der Waals surface area contributed by atoms with Gasteiger partial charge in [0.1, 0.15) is 5.82 Å². The van der Waals surface area contributed by atoms with Gasteiger partial charge in [-0.1, -0.05) is 17.7 Å². The van der Waals surface area contributed by atoms with Gasteiger partial charge in [-0.2, -0.15) is 0 Å². The van der Waals surface area contributed by atoms with E-state index < -0.39 is 11.9 Å². The molecule has 12 heavy (non-hydrogen) atoms. The average Bonchev–Trinajstić information content (AvgIpc) is 1.96. The fourth-order valence-electron chi connectivity index (χ4n) is 1.01. The van der Waals surface area contributed by atoms with E-state index in [0.717, 1.165) is 5.56 Å². The third-order valence-corrected chi connectivity index (χ3v) is 1.80. The minimum atomic E-state index is -0.425. The fraction of sp³-hybridized carbons (Fsp3) is 0.333. The highest BCUT2D eigenvalue weighted by molar-refractivity contribution is 6.30. The van der Waals surface area contributed by atoms with Gasteiger partial charge in [0.2, 0.25) is 0 Å². The van der Waals surface area contributed by atoms with Crippen LogP contribution < -0.4 is 0 Å². The van der Waals surface area contributed by atoms with E-state index in [0.29, 0.717) is 6.42 Å². The van der Waals surface area contributed by atoms with Crippen molar-refractivity contribution in [1.29, 1.82) is 0 Å². The number of aliphatic hydroxyl groups is 1. The summed E-state index contributed by atoms with van der Waals surface area (Å²) in [6.45, 7) is 1.68. The standard InChI is InChI=1S/C9H10ClFO/c1-6(12)4-7-2-3-9(11)8(10)5-7/h2-3,5-6,12H,4H2,1H3/t6-/m0/s1. The van der Waals surface area contributed by atoms with E-state index in [1.54, 1.807) is 13.0 Å². The second-order valence-electron chi connectivity index (χ2n) is 2.80. The normalized spacial score (nSPS) is 13.0. The van der Waals surface area contributed by atoms with Crippen molar-refractivity contribution in [1.82, 2.24) is 0 Å². The molecule has 1 N–H and O–H groups in total. The molecule has 0 amide bonds. The van der Waals surface area contributed by atoms with Crippen LogP contribution in [0.1, 0.15) is 12.5 Å². The van der Waals surface area contributed by atoms with Crippen molar-refractivity contribution in [2.24, 2.45) is 0 Å². The number of rotatable bonds is 2. The Kier molecular flexibility index (Phi) is 3.06. The fourth-order valence-corrected chi connectivity index (χ4v) is 1.21. The Bertz CT molecular complexity index is 273. The van der Waals surface area contributed by atoms with Gasteiger partial charge in [0.25, 0.3) is 0 Å². The van der Waals surface area contributed by atoms with Crippen LogP contribution in [0.5, 0.6) is 0 Å². The van der Waals surface area contributed by atoms with Crippen molar-refractivity contribution in [2.75, 3.05) is 0 Å². The lowest BCUT2D eigenvalue weighted by Gasteiger charge is -2.04. The van der Waals surface area contributed by atoms with Crippen molar-refractivity contribution in [3.05, 3.63) is 34.6 Å². The Hall–Kier alpha value is -0.600. The van der Waals surface area contributed by atoms with Gasteiger partial charge < -0.3 is 5.11 Å². The summed E-state index contributed by atoms with van der Waals surface area (Å²) < 4.78 is 12.6. The molecule has 1 aromatic carbocycles. The summed E-state index contributed by atoms with van der Waals surface area (Å²) in [6, 6.07) is 4.46. The van der Waals surface area contributed by atoms with Gasteiger partial charge in [0.15, 0.2) is 0 Å². The minimum absolute atomic E-state index is 0.105. The zero-order valence-corrected chi connectivity index (χ0v) is 7.48. The number of aliphatic hydroxyl groups excluding tert-OH is 1. The van der Waals surface area contributed by atoms with Crippen LogP contribution in [0, 0.1) is 5.82 Å². The molecule has 1 nitrogen and oxygen atoms in total. The number of halogens is 2. The molecule has 66 valence electrons. The maximum Gasteiger partial charge on any atom is 0.141 e. The van der Waals surface area contributed by atoms with E-state index in [2.05, 4.69) is 0 Å². The lowest BCUT2D eigenvalue weighted by molar-refractivity contribution is 0.195. The van der Waals surface area contributed by atoms with Crippen molar-refractivity contribution in [3.8, 4) is 0 Å². The monoisotopic (exact) mass is 188 g/mol. The molecule has 0 fully saturated rings. The van der Waals surface area contributed by atoms with Crippen LogP contribution in [0.25, 0.3) is 0 Å². The van der Waals surface area contributed by atoms with Crippen LogP contribution in [0.4, 0.5) is 4.39 Å². The topological polar surface area (TPSA) is 20.2 Å². The van der Waals surface area contributed by atoms with Crippen LogP contribution in [0.3, 0.4) is 0 Å². The molecule has 0 saturated heterocycles. The van der Waals surface area contributed by atoms with Gasteiger partial charge in [-0.05, 0) is 31.0 Å². The quantitative estimate of drug-likeness (QED) is 0.756. The highest BCUT2D eigenvalue weighted by atomic mass is 35.5. The SMILES string of the molecule is C[C@H](O)Cc1ccc(F)c(Cl)c1. The number of hydrogen-bond acceptors (Lipinski definition) is 1. The zero-order chi connectivity index (χ0) is 9.14. The first kappa shape index (κ1) is 9.49. The lowest BCUT2D eigenvalue weighted by atomic mass is 10.1. The van der Waals surface area contributed by atoms with Gasteiger partial charge in [-0.15, -0.1) is 0 Å². The molecule has 0 aliphatic rings. The highest BCUT2D eigenvalue weighted by Crippen LogP contribution is 2.16. The van der Waals surface area contributed by atoms with E-state index in [4.69, 9.17) is 16.7 Å². The summed E-state index contributed by atoms with van der Waals surface area (Å²) in [4.78, 5) is 0. The smallest absolute Gasteiger partial charge is 0.141 e. The first-order valence-electron chi connectivity index (χ1n) is 3.71. The molecule has 1 atom stereocenters. The molecule has 0 radical (unpaired) electrons. The second-order valence-corrected chi connectivity index (χ2v) is 3.21. The summed E-state index contributed by atoms with van der Waals surface area (Å²) in [5, 5.41) is 9.13. The first-order chi connectivity index (χ1) is 5.59. The van der Waals surface area contributed by atoms with Gasteiger partial charge in [0, 0.05) is 0 Å². The van der Waals surface area contributed by atoms with Crippen LogP contribution in [0.15, 0.2) is 18.2 Å². The highest BCUT2D eigenvalue weighted by Gasteiger charge is 2.02. The molecule has 0 aromatic heterocycles. The number of benzene rings is 1. The van der Waals surface area contributed by atoms with E-state index >= 15 is 0 Å². The molecule has 1 aromatic rings. The minimum Gasteiger partial charge on any atom is -0.393 e. The van der Waals surface area contributed by atoms with Crippen molar-refractivity contribution in [3.63, 3.8) is 0 Å². The van der Waals surface area contributed by atoms with Crippen molar-refractivity contribution < 1.29 is 9.50 Å². The molecule has 0 unspecified atom stereocenters.